The second-order valence-electron chi connectivity index (χ2n) is 26.5. The molecule has 88 heavy (non-hydrogen) atoms. The minimum Gasteiger partial charge on any atom is -0.480 e. The predicted molar refractivity (Wildman–Crippen MR) is 338 cm³/mol. The first-order chi connectivity index (χ1) is 40.5. The molecule has 0 aromatic carbocycles. The zero-order chi connectivity index (χ0) is 68.7. The number of carboxylic acids is 1. The van der Waals surface area contributed by atoms with Gasteiger partial charge in [-0.2, -0.15) is 0 Å². The minimum absolute atomic E-state index is 0.0206. The Bertz CT molecular complexity index is 2350. The number of nitrogens with one attached hydrogen (secondary N) is 6. The van der Waals surface area contributed by atoms with Crippen LogP contribution in [0.15, 0.2) is 12.2 Å². The number of carbonyl (C=O) groups is 11. The second-order valence-corrected chi connectivity index (χ2v) is 26.5. The number of nitrogens with zero attached hydrogens (tertiary/aromatic N) is 5. The summed E-state index contributed by atoms with van der Waals surface area (Å²) in [6, 6.07) is -13.3. The molecule has 0 saturated carbocycles. The maximum atomic E-state index is 14.8. The molecule has 0 saturated heterocycles. The number of rotatable bonds is 38. The Morgan fingerprint density at radius 2 is 0.761 bits per heavy atom. The molecule has 0 aliphatic carbocycles. The van der Waals surface area contributed by atoms with E-state index in [0.717, 1.165) is 9.80 Å². The molecule has 0 bridgehead atoms. The van der Waals surface area contributed by atoms with Gasteiger partial charge in [0.25, 0.3) is 0 Å². The van der Waals surface area contributed by atoms with Gasteiger partial charge in [0.2, 0.25) is 59.1 Å². The van der Waals surface area contributed by atoms with Crippen molar-refractivity contribution >= 4 is 65.0 Å². The number of carboxylic acid groups (broad SMARTS) is 1. The molecule has 0 fully saturated rings. The van der Waals surface area contributed by atoms with Gasteiger partial charge in [-0.15, -0.1) is 0 Å². The average molecular weight is 1250 g/mol. The van der Waals surface area contributed by atoms with Gasteiger partial charge in [0.1, 0.15) is 54.4 Å². The summed E-state index contributed by atoms with van der Waals surface area (Å²) in [5, 5.41) is 47.8. The number of likely N-dealkylation sites (N-methyl/N-ethyl adjacent to an activating group) is 6. The van der Waals surface area contributed by atoms with Crippen molar-refractivity contribution in [2.24, 2.45) is 41.4 Å². The van der Waals surface area contributed by atoms with Gasteiger partial charge in [0, 0.05) is 35.2 Å². The molecule has 14 atom stereocenters. The molecule has 0 aliphatic heterocycles. The Morgan fingerprint density at radius 3 is 1.11 bits per heavy atom. The molecule has 0 aromatic rings. The number of aliphatic carboxylic acids is 1. The monoisotopic (exact) mass is 1250 g/mol. The van der Waals surface area contributed by atoms with Crippen molar-refractivity contribution in [3.63, 3.8) is 0 Å². The molecule has 0 spiro atoms. The summed E-state index contributed by atoms with van der Waals surface area (Å²) in [6.45, 7) is 31.1. The van der Waals surface area contributed by atoms with E-state index in [9.17, 15) is 68.1 Å². The fraction of sp³-hybridized carbons (Fsp3) is 0.794. The molecule has 25 nitrogen and oxygen atoms in total. The quantitative estimate of drug-likeness (QED) is 0.0401. The molecule has 0 rings (SSSR count). The van der Waals surface area contributed by atoms with Gasteiger partial charge in [-0.25, -0.2) is 4.79 Å². The summed E-state index contributed by atoms with van der Waals surface area (Å²) in [5.74, 6) is -10.0. The van der Waals surface area contributed by atoms with Crippen LogP contribution in [-0.4, -0.2) is 226 Å². The Balaban J connectivity index is 6.86. The highest BCUT2D eigenvalue weighted by Gasteiger charge is 2.45. The molecule has 25 heteroatoms. The first-order valence-corrected chi connectivity index (χ1v) is 31.2. The number of aliphatic hydroxyl groups excluding tert-OH is 2. The van der Waals surface area contributed by atoms with E-state index in [4.69, 9.17) is 0 Å². The van der Waals surface area contributed by atoms with Crippen molar-refractivity contribution in [2.45, 2.75) is 242 Å². The molecular formula is C63H115N11O14. The Labute approximate surface area is 525 Å². The molecule has 10 amide bonds. The molecule has 0 heterocycles. The third-order valence-corrected chi connectivity index (χ3v) is 15.7. The predicted octanol–water partition coefficient (Wildman–Crippen LogP) is 2.51. The summed E-state index contributed by atoms with van der Waals surface area (Å²) in [6.07, 6.45) is 1.62. The van der Waals surface area contributed by atoms with Crippen LogP contribution in [0.5, 0.6) is 0 Å². The number of hydrogen-bond acceptors (Lipinski definition) is 14. The lowest BCUT2D eigenvalue weighted by Gasteiger charge is -2.40. The Hall–Kier alpha value is -6.21. The highest BCUT2D eigenvalue weighted by Crippen LogP contribution is 2.24. The number of aliphatic hydroxyl groups is 2. The molecule has 0 aliphatic rings. The van der Waals surface area contributed by atoms with Crippen molar-refractivity contribution in [1.82, 2.24) is 56.4 Å². The van der Waals surface area contributed by atoms with E-state index in [1.807, 2.05) is 69.2 Å². The van der Waals surface area contributed by atoms with Crippen LogP contribution in [0, 0.1) is 41.4 Å². The average Bonchev–Trinajstić information content (AvgIpc) is 1.79. The Morgan fingerprint density at radius 1 is 0.409 bits per heavy atom. The number of amides is 10. The fourth-order valence-corrected chi connectivity index (χ4v) is 10.4. The lowest BCUT2D eigenvalue weighted by Crippen LogP contribution is -2.63. The largest absolute Gasteiger partial charge is 0.480 e. The lowest BCUT2D eigenvalue weighted by molar-refractivity contribution is -0.155. The number of carbonyl (C=O) groups excluding carboxylic acids is 10. The fourth-order valence-electron chi connectivity index (χ4n) is 10.4. The van der Waals surface area contributed by atoms with Gasteiger partial charge in [-0.05, 0) is 122 Å². The molecule has 9 N–H and O–H groups in total. The van der Waals surface area contributed by atoms with E-state index in [-0.39, 0.29) is 67.6 Å². The summed E-state index contributed by atoms with van der Waals surface area (Å²) in [5.41, 5.74) is 0. The van der Waals surface area contributed by atoms with Crippen LogP contribution in [-0.2, 0) is 52.7 Å². The molecule has 0 unspecified atom stereocenters. The van der Waals surface area contributed by atoms with E-state index >= 15 is 0 Å². The molecular weight excluding hydrogens is 1130 g/mol. The van der Waals surface area contributed by atoms with Gasteiger partial charge >= 0.3 is 5.97 Å². The van der Waals surface area contributed by atoms with Gasteiger partial charge in [0.15, 0.2) is 6.04 Å². The summed E-state index contributed by atoms with van der Waals surface area (Å²) in [4.78, 5) is 160. The first kappa shape index (κ1) is 81.8. The minimum atomic E-state index is -1.78. The summed E-state index contributed by atoms with van der Waals surface area (Å²) in [7, 11) is 8.68. The van der Waals surface area contributed by atoms with E-state index < -0.39 is 150 Å². The van der Waals surface area contributed by atoms with Gasteiger partial charge in [-0.3, -0.25) is 47.9 Å². The number of hydrogen-bond donors (Lipinski definition) is 9. The zero-order valence-electron chi connectivity index (χ0n) is 57.5. The van der Waals surface area contributed by atoms with E-state index in [2.05, 4.69) is 31.9 Å². The third kappa shape index (κ3) is 25.3. The standard InChI is InChI=1S/C63H115N11O14/c1-25-26-27-39(14)52(76)51(57(81)69-49(43(18)75)63(87)88)74(24)62(86)50(38(12)13)73(23)61(85)45(29-34(4)5)68-56(80)48(32-37(10)11)71(21)59(83)42(17)66-53(77)40(15)65-54(78)46(30-35(6)7)72(22)60(84)44(28-33(2)3)67-55(79)47(31-36(8)9)70(20)58(82)41(16)64-19/h25-26,33-52,64,75-76H,27-32H2,1-24H3,(H,65,78)(H,66,77)(H,67,79)(H,68,80)(H,69,81)(H,87,88)/t39-,40+,41-,42-,43-,44+,45+,46+,47+,48+,49+,50+,51+,52-/m1/s1. The topological polar surface area (TPSA) is 337 Å². The van der Waals surface area contributed by atoms with Crippen LogP contribution >= 0.6 is 0 Å². The van der Waals surface area contributed by atoms with E-state index in [1.54, 1.807) is 60.9 Å². The van der Waals surface area contributed by atoms with Crippen LogP contribution < -0.4 is 31.9 Å². The van der Waals surface area contributed by atoms with E-state index in [1.165, 1.54) is 63.7 Å². The van der Waals surface area contributed by atoms with Crippen LogP contribution in [0.1, 0.15) is 163 Å². The van der Waals surface area contributed by atoms with Crippen molar-refractivity contribution in [1.29, 1.82) is 0 Å². The second kappa shape index (κ2) is 38.4. The van der Waals surface area contributed by atoms with Crippen LogP contribution in [0.3, 0.4) is 0 Å². The summed E-state index contributed by atoms with van der Waals surface area (Å²) < 4.78 is 0. The SMILES string of the molecule is CC=CC[C@@H](C)[C@@H](O)[C@@H](C(=O)N[C@H](C(=O)O)[C@@H](C)O)N(C)C(=O)[C@H](C(C)C)N(C)C(=O)[C@H](CC(C)C)NC(=O)[C@H](CC(C)C)N(C)C(=O)[C@@H](C)NC(=O)[C@H](C)NC(=O)[C@H](CC(C)C)N(C)C(=O)[C@H](CC(C)C)NC(=O)[C@H](CC(C)C)N(C)C(=O)[C@@H](C)NC. The van der Waals surface area contributed by atoms with Crippen LogP contribution in [0.4, 0.5) is 0 Å². The van der Waals surface area contributed by atoms with Crippen molar-refractivity contribution in [3.05, 3.63) is 12.2 Å². The van der Waals surface area contributed by atoms with Gasteiger partial charge in [-0.1, -0.05) is 102 Å². The first-order valence-electron chi connectivity index (χ1n) is 31.2. The van der Waals surface area contributed by atoms with Crippen molar-refractivity contribution in [3.8, 4) is 0 Å². The lowest BCUT2D eigenvalue weighted by atomic mass is 9.91. The highest BCUT2D eigenvalue weighted by atomic mass is 16.4. The zero-order valence-corrected chi connectivity index (χ0v) is 57.5. The number of allylic oxidation sites excluding steroid dienone is 2. The van der Waals surface area contributed by atoms with Gasteiger partial charge < -0.3 is 71.7 Å². The smallest absolute Gasteiger partial charge is 0.328 e. The maximum Gasteiger partial charge on any atom is 0.328 e. The summed E-state index contributed by atoms with van der Waals surface area (Å²) >= 11 is 0. The van der Waals surface area contributed by atoms with E-state index in [0.29, 0.717) is 6.42 Å². The Kier molecular flexibility index (Phi) is 35.7. The van der Waals surface area contributed by atoms with Crippen molar-refractivity contribution < 1.29 is 68.1 Å². The van der Waals surface area contributed by atoms with Gasteiger partial charge in [0.05, 0.1) is 18.2 Å². The third-order valence-electron chi connectivity index (χ3n) is 15.7. The van der Waals surface area contributed by atoms with Crippen molar-refractivity contribution in [2.75, 3.05) is 42.3 Å². The molecule has 0 radical (unpaired) electrons. The molecule has 506 valence electrons. The molecule has 0 aromatic heterocycles. The van der Waals surface area contributed by atoms with Crippen LogP contribution in [0.25, 0.3) is 0 Å². The van der Waals surface area contributed by atoms with Crippen LogP contribution in [0.2, 0.25) is 0 Å². The highest BCUT2D eigenvalue weighted by molar-refractivity contribution is 5.99. The normalized spacial score (nSPS) is 16.6. The maximum absolute atomic E-state index is 14.8.